The first-order chi connectivity index (χ1) is 8.10. The average molecular weight is 234 g/mol. The first-order valence-electron chi connectivity index (χ1n) is 6.66. The van der Waals surface area contributed by atoms with Crippen molar-refractivity contribution in [2.75, 3.05) is 13.1 Å². The van der Waals surface area contributed by atoms with Crippen LogP contribution in [0.5, 0.6) is 0 Å². The highest BCUT2D eigenvalue weighted by atomic mass is 15.2. The van der Waals surface area contributed by atoms with Gasteiger partial charge in [0.05, 0.1) is 0 Å². The molecule has 0 saturated carbocycles. The molecular weight excluding hydrogens is 208 g/mol. The Balaban J connectivity index is 2.95. The van der Waals surface area contributed by atoms with Crippen molar-refractivity contribution in [3.05, 3.63) is 35.4 Å². The maximum Gasteiger partial charge on any atom is 0.0496 e. The van der Waals surface area contributed by atoms with Gasteiger partial charge in [-0.3, -0.25) is 4.90 Å². The van der Waals surface area contributed by atoms with Gasteiger partial charge in [0.25, 0.3) is 0 Å². The van der Waals surface area contributed by atoms with E-state index in [4.69, 9.17) is 5.73 Å². The molecule has 0 fully saturated rings. The lowest BCUT2D eigenvalue weighted by Crippen LogP contribution is -2.39. The standard InChI is InChI=1S/C15H26N2/c1-5-11-17(6-2)15(13(4)16)14-9-7-12(3)8-10-14/h7-10,13,15H,5-6,11,16H2,1-4H3. The van der Waals surface area contributed by atoms with E-state index in [0.717, 1.165) is 13.1 Å². The van der Waals surface area contributed by atoms with Gasteiger partial charge in [-0.25, -0.2) is 0 Å². The first kappa shape index (κ1) is 14.2. The number of hydrogen-bond acceptors (Lipinski definition) is 2. The molecule has 0 heterocycles. The van der Waals surface area contributed by atoms with Gasteiger partial charge < -0.3 is 5.73 Å². The largest absolute Gasteiger partial charge is 0.326 e. The minimum absolute atomic E-state index is 0.157. The van der Waals surface area contributed by atoms with Crippen LogP contribution < -0.4 is 5.73 Å². The van der Waals surface area contributed by atoms with Crippen LogP contribution in [0, 0.1) is 6.92 Å². The highest BCUT2D eigenvalue weighted by Gasteiger charge is 2.21. The Morgan fingerprint density at radius 2 is 1.76 bits per heavy atom. The third-order valence-electron chi connectivity index (χ3n) is 3.23. The Morgan fingerprint density at radius 1 is 1.18 bits per heavy atom. The summed E-state index contributed by atoms with van der Waals surface area (Å²) in [6.45, 7) is 10.8. The molecule has 96 valence electrons. The van der Waals surface area contributed by atoms with Crippen molar-refractivity contribution in [2.24, 2.45) is 5.73 Å². The van der Waals surface area contributed by atoms with E-state index >= 15 is 0 Å². The highest BCUT2D eigenvalue weighted by molar-refractivity contribution is 5.25. The molecule has 2 N–H and O–H groups in total. The van der Waals surface area contributed by atoms with Gasteiger partial charge in [-0.2, -0.15) is 0 Å². The summed E-state index contributed by atoms with van der Waals surface area (Å²) in [5, 5.41) is 0. The third-order valence-corrected chi connectivity index (χ3v) is 3.23. The summed E-state index contributed by atoms with van der Waals surface area (Å²) in [7, 11) is 0. The Morgan fingerprint density at radius 3 is 2.18 bits per heavy atom. The van der Waals surface area contributed by atoms with E-state index < -0.39 is 0 Å². The van der Waals surface area contributed by atoms with E-state index in [-0.39, 0.29) is 6.04 Å². The Labute approximate surface area is 106 Å². The van der Waals surface area contributed by atoms with E-state index in [2.05, 4.69) is 56.9 Å². The molecule has 0 saturated heterocycles. The van der Waals surface area contributed by atoms with Crippen molar-refractivity contribution in [3.63, 3.8) is 0 Å². The third kappa shape index (κ3) is 3.83. The zero-order chi connectivity index (χ0) is 12.8. The van der Waals surface area contributed by atoms with Crippen LogP contribution in [0.3, 0.4) is 0 Å². The van der Waals surface area contributed by atoms with Gasteiger partial charge in [0.15, 0.2) is 0 Å². The Hall–Kier alpha value is -0.860. The normalized spacial score (nSPS) is 14.9. The maximum absolute atomic E-state index is 6.17. The van der Waals surface area contributed by atoms with Gasteiger partial charge in [-0.15, -0.1) is 0 Å². The van der Waals surface area contributed by atoms with Gasteiger partial charge in [0, 0.05) is 12.1 Å². The number of rotatable bonds is 6. The fourth-order valence-corrected chi connectivity index (χ4v) is 2.39. The van der Waals surface area contributed by atoms with Crippen molar-refractivity contribution in [1.29, 1.82) is 0 Å². The lowest BCUT2D eigenvalue weighted by atomic mass is 9.98. The van der Waals surface area contributed by atoms with E-state index in [9.17, 15) is 0 Å². The maximum atomic E-state index is 6.17. The second-order valence-electron chi connectivity index (χ2n) is 4.84. The predicted octanol–water partition coefficient (Wildman–Crippen LogP) is 3.12. The number of nitrogens with zero attached hydrogens (tertiary/aromatic N) is 1. The van der Waals surface area contributed by atoms with Crippen molar-refractivity contribution in [1.82, 2.24) is 4.90 Å². The summed E-state index contributed by atoms with van der Waals surface area (Å²) in [5.41, 5.74) is 8.81. The monoisotopic (exact) mass is 234 g/mol. The van der Waals surface area contributed by atoms with Crippen LogP contribution in [0.1, 0.15) is 44.4 Å². The lowest BCUT2D eigenvalue weighted by molar-refractivity contribution is 0.186. The van der Waals surface area contributed by atoms with Crippen LogP contribution in [-0.2, 0) is 0 Å². The van der Waals surface area contributed by atoms with E-state index in [1.165, 1.54) is 17.5 Å². The first-order valence-corrected chi connectivity index (χ1v) is 6.66. The molecule has 0 aliphatic rings. The molecule has 2 unspecified atom stereocenters. The minimum Gasteiger partial charge on any atom is -0.326 e. The number of benzene rings is 1. The number of hydrogen-bond donors (Lipinski definition) is 1. The molecule has 0 aliphatic heterocycles. The molecular formula is C15H26N2. The topological polar surface area (TPSA) is 29.3 Å². The highest BCUT2D eigenvalue weighted by Crippen LogP contribution is 2.23. The van der Waals surface area contributed by atoms with Crippen LogP contribution in [-0.4, -0.2) is 24.0 Å². The van der Waals surface area contributed by atoms with Gasteiger partial charge in [-0.1, -0.05) is 43.7 Å². The molecule has 17 heavy (non-hydrogen) atoms. The summed E-state index contributed by atoms with van der Waals surface area (Å²) in [6.07, 6.45) is 1.17. The van der Waals surface area contributed by atoms with Crippen LogP contribution in [0.25, 0.3) is 0 Å². The second kappa shape index (κ2) is 6.77. The molecule has 0 aliphatic carbocycles. The fourth-order valence-electron chi connectivity index (χ4n) is 2.39. The zero-order valence-electron chi connectivity index (χ0n) is 11.6. The quantitative estimate of drug-likeness (QED) is 0.819. The lowest BCUT2D eigenvalue weighted by Gasteiger charge is -2.33. The Kier molecular flexibility index (Phi) is 5.66. The van der Waals surface area contributed by atoms with Crippen molar-refractivity contribution < 1.29 is 0 Å². The van der Waals surface area contributed by atoms with Gasteiger partial charge in [-0.05, 0) is 38.9 Å². The summed E-state index contributed by atoms with van der Waals surface area (Å²) >= 11 is 0. The van der Waals surface area contributed by atoms with E-state index in [1.54, 1.807) is 0 Å². The Bertz CT molecular complexity index is 316. The van der Waals surface area contributed by atoms with Gasteiger partial charge in [0.2, 0.25) is 0 Å². The molecule has 2 heteroatoms. The molecule has 0 spiro atoms. The smallest absolute Gasteiger partial charge is 0.0496 e. The SMILES string of the molecule is CCCN(CC)C(c1ccc(C)cc1)C(C)N. The van der Waals surface area contributed by atoms with E-state index in [0.29, 0.717) is 6.04 Å². The average Bonchev–Trinajstić information content (AvgIpc) is 2.30. The van der Waals surface area contributed by atoms with E-state index in [1.807, 2.05) is 0 Å². The predicted molar refractivity (Wildman–Crippen MR) is 75.1 cm³/mol. The fraction of sp³-hybridized carbons (Fsp3) is 0.600. The summed E-state index contributed by atoms with van der Waals surface area (Å²) < 4.78 is 0. The minimum atomic E-state index is 0.157. The number of likely N-dealkylation sites (N-methyl/N-ethyl adjacent to an activating group) is 1. The summed E-state index contributed by atoms with van der Waals surface area (Å²) in [5.74, 6) is 0. The van der Waals surface area contributed by atoms with Crippen molar-refractivity contribution >= 4 is 0 Å². The molecule has 2 atom stereocenters. The van der Waals surface area contributed by atoms with Crippen LogP contribution in [0.2, 0.25) is 0 Å². The van der Waals surface area contributed by atoms with Gasteiger partial charge in [0.1, 0.15) is 0 Å². The zero-order valence-corrected chi connectivity index (χ0v) is 11.6. The molecule has 0 radical (unpaired) electrons. The molecule has 1 aromatic carbocycles. The number of nitrogens with two attached hydrogens (primary N) is 1. The van der Waals surface area contributed by atoms with Crippen LogP contribution in [0.15, 0.2) is 24.3 Å². The summed E-state index contributed by atoms with van der Waals surface area (Å²) in [4.78, 5) is 2.47. The van der Waals surface area contributed by atoms with Crippen molar-refractivity contribution in [2.45, 2.75) is 46.2 Å². The number of aryl methyl sites for hydroxylation is 1. The van der Waals surface area contributed by atoms with Crippen LogP contribution in [0.4, 0.5) is 0 Å². The molecule has 0 amide bonds. The second-order valence-corrected chi connectivity index (χ2v) is 4.84. The summed E-state index contributed by atoms with van der Waals surface area (Å²) in [6, 6.07) is 9.25. The molecule has 2 nitrogen and oxygen atoms in total. The molecule has 0 bridgehead atoms. The molecule has 1 rings (SSSR count). The molecule has 0 aromatic heterocycles. The van der Waals surface area contributed by atoms with Crippen molar-refractivity contribution in [3.8, 4) is 0 Å². The van der Waals surface area contributed by atoms with Crippen LogP contribution >= 0.6 is 0 Å². The van der Waals surface area contributed by atoms with Gasteiger partial charge >= 0.3 is 0 Å². The molecule has 1 aromatic rings.